The van der Waals surface area contributed by atoms with Crippen LogP contribution in [0.4, 0.5) is 0 Å². The van der Waals surface area contributed by atoms with Gasteiger partial charge in [0.15, 0.2) is 0 Å². The Hall–Kier alpha value is -0.120. The molecule has 2 unspecified atom stereocenters. The first-order valence-electron chi connectivity index (χ1n) is 6.52. The van der Waals surface area contributed by atoms with Crippen molar-refractivity contribution in [3.8, 4) is 0 Å². The highest BCUT2D eigenvalue weighted by atomic mass is 16.3. The lowest BCUT2D eigenvalue weighted by molar-refractivity contribution is -0.0434. The predicted molar refractivity (Wildman–Crippen MR) is 66.3 cm³/mol. The van der Waals surface area contributed by atoms with Crippen LogP contribution in [-0.2, 0) is 0 Å². The van der Waals surface area contributed by atoms with E-state index in [0.717, 1.165) is 32.5 Å². The molecule has 1 aliphatic carbocycles. The van der Waals surface area contributed by atoms with Crippen molar-refractivity contribution in [2.45, 2.75) is 46.1 Å². The van der Waals surface area contributed by atoms with Crippen molar-refractivity contribution in [1.82, 2.24) is 4.90 Å². The number of likely N-dealkylation sites (N-methyl/N-ethyl adjacent to an activating group) is 1. The molecule has 0 bridgehead atoms. The zero-order valence-electron chi connectivity index (χ0n) is 10.9. The lowest BCUT2D eigenvalue weighted by atomic mass is 9.69. The summed E-state index contributed by atoms with van der Waals surface area (Å²) in [5, 5.41) is 19.3. The predicted octanol–water partition coefficient (Wildman–Crippen LogP) is 1.49. The fourth-order valence-corrected chi connectivity index (χ4v) is 2.81. The molecule has 16 heavy (non-hydrogen) atoms. The standard InChI is InChI=1S/C13H27NO2/c1-4-14(8-9-15)10-11-6-5-7-13(2,3)12(11)16/h11-12,15-16H,4-10H2,1-3H3. The number of nitrogens with zero attached hydrogens (tertiary/aromatic N) is 1. The van der Waals surface area contributed by atoms with E-state index in [1.54, 1.807) is 0 Å². The monoisotopic (exact) mass is 229 g/mol. The molecule has 1 saturated carbocycles. The van der Waals surface area contributed by atoms with Gasteiger partial charge in [0.05, 0.1) is 12.7 Å². The number of aliphatic hydroxyl groups excluding tert-OH is 2. The van der Waals surface area contributed by atoms with Gasteiger partial charge in [0.25, 0.3) is 0 Å². The van der Waals surface area contributed by atoms with Gasteiger partial charge < -0.3 is 15.1 Å². The van der Waals surface area contributed by atoms with Crippen LogP contribution in [0.1, 0.15) is 40.0 Å². The van der Waals surface area contributed by atoms with E-state index in [-0.39, 0.29) is 18.1 Å². The van der Waals surface area contributed by atoms with Gasteiger partial charge in [0.2, 0.25) is 0 Å². The van der Waals surface area contributed by atoms with E-state index in [1.807, 2.05) is 0 Å². The van der Waals surface area contributed by atoms with E-state index in [1.165, 1.54) is 6.42 Å². The Morgan fingerprint density at radius 1 is 1.38 bits per heavy atom. The van der Waals surface area contributed by atoms with Crippen LogP contribution in [0.3, 0.4) is 0 Å². The summed E-state index contributed by atoms with van der Waals surface area (Å²) in [6.45, 7) is 9.22. The molecule has 96 valence electrons. The van der Waals surface area contributed by atoms with Crippen molar-refractivity contribution >= 4 is 0 Å². The molecular weight excluding hydrogens is 202 g/mol. The van der Waals surface area contributed by atoms with E-state index >= 15 is 0 Å². The van der Waals surface area contributed by atoms with Gasteiger partial charge in [-0.3, -0.25) is 0 Å². The lowest BCUT2D eigenvalue weighted by Gasteiger charge is -2.42. The Bertz CT molecular complexity index is 206. The molecule has 0 aromatic rings. The van der Waals surface area contributed by atoms with Gasteiger partial charge >= 0.3 is 0 Å². The number of hydrogen-bond donors (Lipinski definition) is 2. The minimum atomic E-state index is -0.200. The summed E-state index contributed by atoms with van der Waals surface area (Å²) in [7, 11) is 0. The first-order chi connectivity index (χ1) is 7.51. The van der Waals surface area contributed by atoms with E-state index in [0.29, 0.717) is 5.92 Å². The molecule has 0 radical (unpaired) electrons. The van der Waals surface area contributed by atoms with Crippen LogP contribution in [0.15, 0.2) is 0 Å². The van der Waals surface area contributed by atoms with Crippen molar-refractivity contribution in [3.63, 3.8) is 0 Å². The first kappa shape index (κ1) is 13.9. The van der Waals surface area contributed by atoms with E-state index < -0.39 is 0 Å². The van der Waals surface area contributed by atoms with Crippen LogP contribution in [0.2, 0.25) is 0 Å². The minimum absolute atomic E-state index is 0.0571. The van der Waals surface area contributed by atoms with Crippen molar-refractivity contribution in [2.24, 2.45) is 11.3 Å². The fraction of sp³-hybridized carbons (Fsp3) is 1.00. The molecule has 0 spiro atoms. The molecule has 0 amide bonds. The molecule has 2 N–H and O–H groups in total. The highest BCUT2D eigenvalue weighted by Gasteiger charge is 2.37. The van der Waals surface area contributed by atoms with Crippen LogP contribution in [0, 0.1) is 11.3 Å². The molecule has 1 fully saturated rings. The first-order valence-corrected chi connectivity index (χ1v) is 6.52. The molecular formula is C13H27NO2. The maximum Gasteiger partial charge on any atom is 0.0631 e. The summed E-state index contributed by atoms with van der Waals surface area (Å²) in [4.78, 5) is 2.23. The third kappa shape index (κ3) is 3.44. The summed E-state index contributed by atoms with van der Waals surface area (Å²) in [5.41, 5.74) is 0.0571. The second kappa shape index (κ2) is 5.99. The molecule has 0 aromatic heterocycles. The molecule has 0 heterocycles. The third-order valence-corrected chi connectivity index (χ3v) is 4.00. The Balaban J connectivity index is 2.52. The van der Waals surface area contributed by atoms with Gasteiger partial charge in [0, 0.05) is 13.1 Å². The van der Waals surface area contributed by atoms with Gasteiger partial charge in [-0.2, -0.15) is 0 Å². The molecule has 3 heteroatoms. The van der Waals surface area contributed by atoms with Gasteiger partial charge in [-0.25, -0.2) is 0 Å². The van der Waals surface area contributed by atoms with Gasteiger partial charge in [-0.05, 0) is 30.7 Å². The van der Waals surface area contributed by atoms with Gasteiger partial charge in [-0.15, -0.1) is 0 Å². The molecule has 2 atom stereocenters. The SMILES string of the molecule is CCN(CCO)CC1CCCC(C)(C)C1O. The van der Waals surface area contributed by atoms with Crippen molar-refractivity contribution in [1.29, 1.82) is 0 Å². The quantitative estimate of drug-likeness (QED) is 0.750. The molecule has 0 saturated heterocycles. The fourth-order valence-electron chi connectivity index (χ4n) is 2.81. The summed E-state index contributed by atoms with van der Waals surface area (Å²) in [6, 6.07) is 0. The topological polar surface area (TPSA) is 43.7 Å². The maximum absolute atomic E-state index is 10.3. The number of rotatable bonds is 5. The van der Waals surface area contributed by atoms with Gasteiger partial charge in [-0.1, -0.05) is 27.2 Å². The number of hydrogen-bond acceptors (Lipinski definition) is 3. The Morgan fingerprint density at radius 3 is 2.62 bits per heavy atom. The van der Waals surface area contributed by atoms with Crippen molar-refractivity contribution in [2.75, 3.05) is 26.2 Å². The Kier molecular flexibility index (Phi) is 5.22. The normalized spacial score (nSPS) is 29.6. The molecule has 0 aliphatic heterocycles. The maximum atomic E-state index is 10.3. The summed E-state index contributed by atoms with van der Waals surface area (Å²) in [5.74, 6) is 0.371. The summed E-state index contributed by atoms with van der Waals surface area (Å²) in [6.07, 6.45) is 3.25. The van der Waals surface area contributed by atoms with Crippen LogP contribution >= 0.6 is 0 Å². The molecule has 3 nitrogen and oxygen atoms in total. The molecule has 1 rings (SSSR count). The zero-order chi connectivity index (χ0) is 12.2. The van der Waals surface area contributed by atoms with E-state index in [4.69, 9.17) is 5.11 Å². The van der Waals surface area contributed by atoms with Crippen LogP contribution < -0.4 is 0 Å². The average Bonchev–Trinajstić information content (AvgIpc) is 2.24. The van der Waals surface area contributed by atoms with Gasteiger partial charge in [0.1, 0.15) is 0 Å². The van der Waals surface area contributed by atoms with Crippen LogP contribution in [-0.4, -0.2) is 47.5 Å². The second-order valence-electron chi connectivity index (χ2n) is 5.70. The van der Waals surface area contributed by atoms with Crippen LogP contribution in [0.25, 0.3) is 0 Å². The van der Waals surface area contributed by atoms with Crippen molar-refractivity contribution in [3.05, 3.63) is 0 Å². The second-order valence-corrected chi connectivity index (χ2v) is 5.70. The minimum Gasteiger partial charge on any atom is -0.395 e. The van der Waals surface area contributed by atoms with Crippen LogP contribution in [0.5, 0.6) is 0 Å². The van der Waals surface area contributed by atoms with E-state index in [2.05, 4.69) is 25.7 Å². The number of aliphatic hydroxyl groups is 2. The highest BCUT2D eigenvalue weighted by molar-refractivity contribution is 4.89. The largest absolute Gasteiger partial charge is 0.395 e. The van der Waals surface area contributed by atoms with E-state index in [9.17, 15) is 5.11 Å². The average molecular weight is 229 g/mol. The van der Waals surface area contributed by atoms with Crippen molar-refractivity contribution < 1.29 is 10.2 Å². The Labute approximate surface area is 99.5 Å². The Morgan fingerprint density at radius 2 is 2.06 bits per heavy atom. The smallest absolute Gasteiger partial charge is 0.0631 e. The zero-order valence-corrected chi connectivity index (χ0v) is 10.9. The third-order valence-electron chi connectivity index (χ3n) is 4.00. The molecule has 0 aromatic carbocycles. The summed E-state index contributed by atoms with van der Waals surface area (Å²) >= 11 is 0. The molecule has 1 aliphatic rings. The summed E-state index contributed by atoms with van der Waals surface area (Å²) < 4.78 is 0. The lowest BCUT2D eigenvalue weighted by Crippen LogP contribution is -2.45. The highest BCUT2D eigenvalue weighted by Crippen LogP contribution is 2.39.